The fourth-order valence-electron chi connectivity index (χ4n) is 2.79. The van der Waals surface area contributed by atoms with Crippen LogP contribution in [0.1, 0.15) is 24.0 Å². The minimum atomic E-state index is -0.0712. The van der Waals surface area contributed by atoms with Crippen LogP contribution in [0, 0.1) is 0 Å². The van der Waals surface area contributed by atoms with Crippen molar-refractivity contribution in [1.82, 2.24) is 10.6 Å². The molecule has 3 nitrogen and oxygen atoms in total. The lowest BCUT2D eigenvalue weighted by Gasteiger charge is -2.17. The topological polar surface area (TPSA) is 41.1 Å². The molecule has 0 unspecified atom stereocenters. The second kappa shape index (κ2) is 6.65. The maximum atomic E-state index is 11.9. The fourth-order valence-corrected chi connectivity index (χ4v) is 2.79. The third-order valence-electron chi connectivity index (χ3n) is 4.37. The summed E-state index contributed by atoms with van der Waals surface area (Å²) in [5.74, 6) is 0. The van der Waals surface area contributed by atoms with E-state index in [4.69, 9.17) is 0 Å². The highest BCUT2D eigenvalue weighted by atomic mass is 16.2. The highest BCUT2D eigenvalue weighted by molar-refractivity contribution is 5.74. The van der Waals surface area contributed by atoms with Crippen LogP contribution in [-0.2, 0) is 11.8 Å². The molecule has 0 aromatic heterocycles. The standard InChI is InChI=1S/C19H22N2O/c22-18(20-14-11-16-7-3-1-4-8-16)21-15-19(12-13-19)17-9-5-2-6-10-17/h1-10H,11-15H2,(H2,20,21,22). The summed E-state index contributed by atoms with van der Waals surface area (Å²) in [6.45, 7) is 1.38. The summed E-state index contributed by atoms with van der Waals surface area (Å²) in [6.07, 6.45) is 3.17. The number of nitrogens with one attached hydrogen (secondary N) is 2. The molecule has 3 heteroatoms. The Morgan fingerprint density at radius 2 is 1.55 bits per heavy atom. The van der Waals surface area contributed by atoms with Gasteiger partial charge in [0.05, 0.1) is 0 Å². The maximum absolute atomic E-state index is 11.9. The molecule has 2 amide bonds. The van der Waals surface area contributed by atoms with E-state index in [0.717, 1.165) is 19.3 Å². The van der Waals surface area contributed by atoms with Gasteiger partial charge in [0, 0.05) is 18.5 Å². The first kappa shape index (κ1) is 14.6. The van der Waals surface area contributed by atoms with Crippen LogP contribution in [0.2, 0.25) is 0 Å². The molecule has 1 saturated carbocycles. The maximum Gasteiger partial charge on any atom is 0.314 e. The number of urea groups is 1. The predicted molar refractivity (Wildman–Crippen MR) is 88.9 cm³/mol. The van der Waals surface area contributed by atoms with Gasteiger partial charge in [0.15, 0.2) is 0 Å². The molecule has 22 heavy (non-hydrogen) atoms. The zero-order valence-corrected chi connectivity index (χ0v) is 12.7. The largest absolute Gasteiger partial charge is 0.338 e. The lowest BCUT2D eigenvalue weighted by atomic mass is 9.96. The average Bonchev–Trinajstić information content (AvgIpc) is 3.36. The average molecular weight is 294 g/mol. The Morgan fingerprint density at radius 3 is 2.18 bits per heavy atom. The Labute approximate surface area is 131 Å². The number of carbonyl (C=O) groups is 1. The Kier molecular flexibility index (Phi) is 4.42. The van der Waals surface area contributed by atoms with Crippen molar-refractivity contribution in [3.63, 3.8) is 0 Å². The van der Waals surface area contributed by atoms with E-state index >= 15 is 0 Å². The van der Waals surface area contributed by atoms with Crippen LogP contribution in [0.3, 0.4) is 0 Å². The van der Waals surface area contributed by atoms with Crippen LogP contribution in [0.5, 0.6) is 0 Å². The molecule has 114 valence electrons. The van der Waals surface area contributed by atoms with E-state index in [1.165, 1.54) is 11.1 Å². The molecule has 0 spiro atoms. The van der Waals surface area contributed by atoms with Gasteiger partial charge in [-0.2, -0.15) is 0 Å². The number of amides is 2. The summed E-state index contributed by atoms with van der Waals surface area (Å²) < 4.78 is 0. The Morgan fingerprint density at radius 1 is 0.909 bits per heavy atom. The van der Waals surface area contributed by atoms with E-state index in [0.29, 0.717) is 13.1 Å². The zero-order chi connectivity index (χ0) is 15.3. The van der Waals surface area contributed by atoms with Crippen molar-refractivity contribution >= 4 is 6.03 Å². The molecule has 3 rings (SSSR count). The Hall–Kier alpha value is -2.29. The van der Waals surface area contributed by atoms with Crippen molar-refractivity contribution in [2.75, 3.05) is 13.1 Å². The summed E-state index contributed by atoms with van der Waals surface area (Å²) in [4.78, 5) is 11.9. The molecule has 0 saturated heterocycles. The lowest BCUT2D eigenvalue weighted by molar-refractivity contribution is 0.240. The Balaban J connectivity index is 1.41. The summed E-state index contributed by atoms with van der Waals surface area (Å²) in [6, 6.07) is 20.6. The van der Waals surface area contributed by atoms with Crippen LogP contribution in [0.25, 0.3) is 0 Å². The third kappa shape index (κ3) is 3.67. The van der Waals surface area contributed by atoms with E-state index in [2.05, 4.69) is 47.0 Å². The second-order valence-electron chi connectivity index (χ2n) is 5.99. The van der Waals surface area contributed by atoms with E-state index in [1.54, 1.807) is 0 Å². The van der Waals surface area contributed by atoms with Gasteiger partial charge in [0.25, 0.3) is 0 Å². The van der Waals surface area contributed by atoms with E-state index in [9.17, 15) is 4.79 Å². The fraction of sp³-hybridized carbons (Fsp3) is 0.316. The molecule has 1 aliphatic rings. The minimum Gasteiger partial charge on any atom is -0.338 e. The molecular weight excluding hydrogens is 272 g/mol. The van der Waals surface area contributed by atoms with Crippen molar-refractivity contribution in [3.05, 3.63) is 71.8 Å². The van der Waals surface area contributed by atoms with Gasteiger partial charge >= 0.3 is 6.03 Å². The molecule has 0 bridgehead atoms. The van der Waals surface area contributed by atoms with Gasteiger partial charge in [0.1, 0.15) is 0 Å². The number of hydrogen-bond acceptors (Lipinski definition) is 1. The third-order valence-corrected chi connectivity index (χ3v) is 4.37. The molecule has 1 fully saturated rings. The predicted octanol–water partition coefficient (Wildman–Crippen LogP) is 3.26. The van der Waals surface area contributed by atoms with Crippen molar-refractivity contribution < 1.29 is 4.79 Å². The van der Waals surface area contributed by atoms with Gasteiger partial charge in [0.2, 0.25) is 0 Å². The van der Waals surface area contributed by atoms with Crippen LogP contribution in [0.4, 0.5) is 4.79 Å². The van der Waals surface area contributed by atoms with Gasteiger partial charge in [-0.1, -0.05) is 60.7 Å². The van der Waals surface area contributed by atoms with Crippen molar-refractivity contribution in [3.8, 4) is 0 Å². The molecule has 0 radical (unpaired) electrons. The van der Waals surface area contributed by atoms with E-state index in [-0.39, 0.29) is 11.4 Å². The van der Waals surface area contributed by atoms with Crippen molar-refractivity contribution in [2.24, 2.45) is 0 Å². The first-order valence-corrected chi connectivity index (χ1v) is 7.90. The first-order valence-electron chi connectivity index (χ1n) is 7.90. The van der Waals surface area contributed by atoms with Crippen LogP contribution in [-0.4, -0.2) is 19.1 Å². The molecule has 0 atom stereocenters. The van der Waals surface area contributed by atoms with Gasteiger partial charge in [-0.15, -0.1) is 0 Å². The van der Waals surface area contributed by atoms with Gasteiger partial charge < -0.3 is 10.6 Å². The van der Waals surface area contributed by atoms with Crippen LogP contribution >= 0.6 is 0 Å². The van der Waals surface area contributed by atoms with Gasteiger partial charge in [-0.05, 0) is 30.4 Å². The van der Waals surface area contributed by atoms with E-state index in [1.807, 2.05) is 24.3 Å². The number of carbonyl (C=O) groups excluding carboxylic acids is 1. The Bertz CT molecular complexity index is 606. The lowest BCUT2D eigenvalue weighted by Crippen LogP contribution is -2.40. The highest BCUT2D eigenvalue weighted by Gasteiger charge is 2.44. The number of rotatable bonds is 6. The summed E-state index contributed by atoms with van der Waals surface area (Å²) in [7, 11) is 0. The quantitative estimate of drug-likeness (QED) is 0.843. The monoisotopic (exact) mass is 294 g/mol. The van der Waals surface area contributed by atoms with Crippen molar-refractivity contribution in [2.45, 2.75) is 24.7 Å². The van der Waals surface area contributed by atoms with Gasteiger partial charge in [-0.3, -0.25) is 0 Å². The second-order valence-corrected chi connectivity index (χ2v) is 5.99. The molecular formula is C19H22N2O. The molecule has 0 aliphatic heterocycles. The van der Waals surface area contributed by atoms with Crippen molar-refractivity contribution in [1.29, 1.82) is 0 Å². The number of hydrogen-bond donors (Lipinski definition) is 2. The van der Waals surface area contributed by atoms with Gasteiger partial charge in [-0.25, -0.2) is 4.79 Å². The smallest absolute Gasteiger partial charge is 0.314 e. The first-order chi connectivity index (χ1) is 10.8. The summed E-state index contributed by atoms with van der Waals surface area (Å²) in [5.41, 5.74) is 2.74. The zero-order valence-electron chi connectivity index (χ0n) is 12.7. The number of benzene rings is 2. The summed E-state index contributed by atoms with van der Waals surface area (Å²) in [5, 5.41) is 5.95. The van der Waals surface area contributed by atoms with Crippen LogP contribution < -0.4 is 10.6 Å². The summed E-state index contributed by atoms with van der Waals surface area (Å²) >= 11 is 0. The SMILES string of the molecule is O=C(NCCc1ccccc1)NCC1(c2ccccc2)CC1. The molecule has 0 heterocycles. The minimum absolute atomic E-state index is 0.0712. The highest BCUT2D eigenvalue weighted by Crippen LogP contribution is 2.47. The normalized spacial score (nSPS) is 15.1. The molecule has 2 aromatic rings. The molecule has 2 aromatic carbocycles. The molecule has 1 aliphatic carbocycles. The van der Waals surface area contributed by atoms with E-state index < -0.39 is 0 Å². The van der Waals surface area contributed by atoms with Crippen LogP contribution in [0.15, 0.2) is 60.7 Å². The molecule has 2 N–H and O–H groups in total.